The Bertz CT molecular complexity index is 1350. The van der Waals surface area contributed by atoms with Crippen molar-refractivity contribution in [2.45, 2.75) is 82.8 Å². The lowest BCUT2D eigenvalue weighted by Gasteiger charge is -2.32. The standard InChI is InChI=1S/C29H37FN4O6/c1-28(2)13-16(24(35)33-28)11-20(27(38)39)32-25(36)21-14-29(9-5-4-6-10-29)15-34(21)26(37)19-12-17-22(40-3)8-7-18(30)23(17)31-19/h7-8,12,16,20-21,31H,4-6,9-11,13-15H2,1-3H3,(H,32,36)(H,33,35)(H,38,39)/t16-,20?,21?/m1/s1. The monoisotopic (exact) mass is 556 g/mol. The van der Waals surface area contributed by atoms with Crippen LogP contribution in [0, 0.1) is 17.2 Å². The van der Waals surface area contributed by atoms with Crippen LogP contribution in [0.1, 0.15) is 75.7 Å². The molecule has 1 aromatic carbocycles. The number of fused-ring (bicyclic) bond motifs is 1. The molecule has 2 saturated heterocycles. The van der Waals surface area contributed by atoms with E-state index in [2.05, 4.69) is 15.6 Å². The number of aromatic nitrogens is 1. The topological polar surface area (TPSA) is 141 Å². The number of rotatable bonds is 7. The molecule has 2 unspecified atom stereocenters. The number of amides is 3. The zero-order chi connectivity index (χ0) is 28.8. The SMILES string of the molecule is COc1ccc(F)c2[nH]c(C(=O)N3CC4(CCCCC4)CC3C(=O)NC(C[C@@H]3CC(C)(C)NC3=O)C(=O)O)cc12. The van der Waals surface area contributed by atoms with Crippen LogP contribution in [0.5, 0.6) is 5.75 Å². The lowest BCUT2D eigenvalue weighted by molar-refractivity contribution is -0.143. The van der Waals surface area contributed by atoms with Gasteiger partial charge in [0.25, 0.3) is 5.91 Å². The van der Waals surface area contributed by atoms with Crippen molar-refractivity contribution in [1.82, 2.24) is 20.5 Å². The predicted molar refractivity (Wildman–Crippen MR) is 144 cm³/mol. The maximum absolute atomic E-state index is 14.5. The molecule has 11 heteroatoms. The number of H-pyrrole nitrogens is 1. The molecular weight excluding hydrogens is 519 g/mol. The van der Waals surface area contributed by atoms with Crippen LogP contribution in [-0.4, -0.2) is 70.0 Å². The molecule has 2 aromatic rings. The molecule has 1 spiro atoms. The highest BCUT2D eigenvalue weighted by atomic mass is 19.1. The van der Waals surface area contributed by atoms with Crippen molar-refractivity contribution in [2.75, 3.05) is 13.7 Å². The number of carboxylic acid groups (broad SMARTS) is 1. The van der Waals surface area contributed by atoms with Gasteiger partial charge in [0.1, 0.15) is 29.3 Å². The number of hydrogen-bond acceptors (Lipinski definition) is 5. The minimum atomic E-state index is -1.27. The van der Waals surface area contributed by atoms with E-state index >= 15 is 0 Å². The number of aliphatic carboxylic acids is 1. The minimum absolute atomic E-state index is 0.0385. The first-order valence-electron chi connectivity index (χ1n) is 13.9. The van der Waals surface area contributed by atoms with Crippen LogP contribution in [0.15, 0.2) is 18.2 Å². The highest BCUT2D eigenvalue weighted by Gasteiger charge is 2.50. The van der Waals surface area contributed by atoms with Crippen LogP contribution in [0.3, 0.4) is 0 Å². The first kappa shape index (κ1) is 27.9. The number of carbonyl (C=O) groups excluding carboxylic acids is 3. The molecule has 0 bridgehead atoms. The van der Waals surface area contributed by atoms with Gasteiger partial charge in [0.15, 0.2) is 0 Å². The fourth-order valence-electron chi connectivity index (χ4n) is 6.93. The average Bonchev–Trinajstić information content (AvgIpc) is 3.58. The van der Waals surface area contributed by atoms with Gasteiger partial charge in [-0.25, -0.2) is 9.18 Å². The smallest absolute Gasteiger partial charge is 0.326 e. The minimum Gasteiger partial charge on any atom is -0.496 e. The third-order valence-corrected chi connectivity index (χ3v) is 8.86. The van der Waals surface area contributed by atoms with E-state index in [9.17, 15) is 28.7 Å². The molecule has 3 fully saturated rings. The fraction of sp³-hybridized carbons (Fsp3) is 0.586. The van der Waals surface area contributed by atoms with Crippen molar-refractivity contribution in [3.63, 3.8) is 0 Å². The summed E-state index contributed by atoms with van der Waals surface area (Å²) in [5, 5.41) is 15.8. The van der Waals surface area contributed by atoms with Gasteiger partial charge < -0.3 is 30.4 Å². The van der Waals surface area contributed by atoms with Crippen molar-refractivity contribution in [2.24, 2.45) is 11.3 Å². The Labute approximate surface area is 232 Å². The maximum Gasteiger partial charge on any atom is 0.326 e. The normalized spacial score (nSPS) is 24.2. The van der Waals surface area contributed by atoms with E-state index < -0.39 is 47.1 Å². The van der Waals surface area contributed by atoms with Gasteiger partial charge in [0.05, 0.1) is 12.6 Å². The van der Waals surface area contributed by atoms with Crippen molar-refractivity contribution in [3.05, 3.63) is 29.7 Å². The number of likely N-dealkylation sites (tertiary alicyclic amines) is 1. The number of methoxy groups -OCH3 is 1. The first-order chi connectivity index (χ1) is 18.9. The summed E-state index contributed by atoms with van der Waals surface area (Å²) in [5.74, 6) is -3.13. The van der Waals surface area contributed by atoms with Crippen molar-refractivity contribution in [1.29, 1.82) is 0 Å². The Kier molecular flexibility index (Phi) is 7.26. The highest BCUT2D eigenvalue weighted by Crippen LogP contribution is 2.47. The van der Waals surface area contributed by atoms with E-state index in [4.69, 9.17) is 4.74 Å². The summed E-state index contributed by atoms with van der Waals surface area (Å²) in [6, 6.07) is 2.11. The van der Waals surface area contributed by atoms with E-state index in [1.54, 1.807) is 0 Å². The van der Waals surface area contributed by atoms with Gasteiger partial charge in [-0.1, -0.05) is 19.3 Å². The Morgan fingerprint density at radius 1 is 1.20 bits per heavy atom. The molecule has 216 valence electrons. The molecule has 3 amide bonds. The van der Waals surface area contributed by atoms with Gasteiger partial charge >= 0.3 is 5.97 Å². The second-order valence-corrected chi connectivity index (χ2v) is 12.3. The number of nitrogens with zero attached hydrogens (tertiary/aromatic N) is 1. The third-order valence-electron chi connectivity index (χ3n) is 8.86. The van der Waals surface area contributed by atoms with Crippen molar-refractivity contribution in [3.8, 4) is 5.75 Å². The van der Waals surface area contributed by atoms with Crippen molar-refractivity contribution >= 4 is 34.6 Å². The Morgan fingerprint density at radius 2 is 1.93 bits per heavy atom. The molecule has 4 N–H and O–H groups in total. The van der Waals surface area contributed by atoms with Crippen LogP contribution >= 0.6 is 0 Å². The van der Waals surface area contributed by atoms with Gasteiger partial charge in [-0.3, -0.25) is 14.4 Å². The van der Waals surface area contributed by atoms with Crippen LogP contribution < -0.4 is 15.4 Å². The molecule has 0 radical (unpaired) electrons. The lowest BCUT2D eigenvalue weighted by Crippen LogP contribution is -2.51. The molecule has 3 aliphatic rings. The number of benzene rings is 1. The Hall–Kier alpha value is -3.63. The van der Waals surface area contributed by atoms with Gasteiger partial charge in [0, 0.05) is 23.4 Å². The summed E-state index contributed by atoms with van der Waals surface area (Å²) in [5.41, 5.74) is -0.417. The summed E-state index contributed by atoms with van der Waals surface area (Å²) in [4.78, 5) is 56.5. The van der Waals surface area contributed by atoms with Crippen LogP contribution in [0.25, 0.3) is 10.9 Å². The van der Waals surface area contributed by atoms with E-state index in [-0.39, 0.29) is 29.0 Å². The predicted octanol–water partition coefficient (Wildman–Crippen LogP) is 3.35. The number of hydrogen-bond donors (Lipinski definition) is 4. The Morgan fingerprint density at radius 3 is 2.55 bits per heavy atom. The zero-order valence-corrected chi connectivity index (χ0v) is 23.1. The second kappa shape index (κ2) is 10.4. The average molecular weight is 557 g/mol. The number of carbonyl (C=O) groups is 4. The number of nitrogens with one attached hydrogen (secondary N) is 3. The quantitative estimate of drug-likeness (QED) is 0.412. The van der Waals surface area contributed by atoms with E-state index in [1.165, 1.54) is 30.2 Å². The molecule has 1 aliphatic carbocycles. The molecule has 3 atom stereocenters. The summed E-state index contributed by atoms with van der Waals surface area (Å²) < 4.78 is 19.9. The second-order valence-electron chi connectivity index (χ2n) is 12.3. The number of ether oxygens (including phenoxy) is 1. The van der Waals surface area contributed by atoms with Gasteiger partial charge in [-0.2, -0.15) is 0 Å². The molecule has 10 nitrogen and oxygen atoms in total. The number of carboxylic acids is 1. The molecule has 3 heterocycles. The number of halogens is 1. The summed E-state index contributed by atoms with van der Waals surface area (Å²) in [7, 11) is 1.46. The molecule has 1 saturated carbocycles. The summed E-state index contributed by atoms with van der Waals surface area (Å²) in [6.45, 7) is 4.10. The zero-order valence-electron chi connectivity index (χ0n) is 23.1. The van der Waals surface area contributed by atoms with E-state index in [1.807, 2.05) is 13.8 Å². The fourth-order valence-corrected chi connectivity index (χ4v) is 6.93. The largest absolute Gasteiger partial charge is 0.496 e. The number of aromatic amines is 1. The highest BCUT2D eigenvalue weighted by molar-refractivity contribution is 6.02. The molecule has 5 rings (SSSR count). The first-order valence-corrected chi connectivity index (χ1v) is 13.9. The summed E-state index contributed by atoms with van der Waals surface area (Å²) in [6.07, 6.45) is 5.67. The van der Waals surface area contributed by atoms with Crippen molar-refractivity contribution < 1.29 is 33.4 Å². The Balaban J connectivity index is 1.41. The van der Waals surface area contributed by atoms with E-state index in [0.717, 1.165) is 32.1 Å². The van der Waals surface area contributed by atoms with Crippen LogP contribution in [-0.2, 0) is 14.4 Å². The molecule has 40 heavy (non-hydrogen) atoms. The maximum atomic E-state index is 14.5. The molecule has 2 aliphatic heterocycles. The molecular formula is C29H37FN4O6. The van der Waals surface area contributed by atoms with Gasteiger partial charge in [-0.05, 0) is 69.6 Å². The third kappa shape index (κ3) is 5.25. The van der Waals surface area contributed by atoms with Gasteiger partial charge in [0.2, 0.25) is 11.8 Å². The van der Waals surface area contributed by atoms with Crippen LogP contribution in [0.2, 0.25) is 0 Å². The summed E-state index contributed by atoms with van der Waals surface area (Å²) >= 11 is 0. The van der Waals surface area contributed by atoms with Gasteiger partial charge in [-0.15, -0.1) is 0 Å². The van der Waals surface area contributed by atoms with E-state index in [0.29, 0.717) is 30.5 Å². The van der Waals surface area contributed by atoms with Crippen LogP contribution in [0.4, 0.5) is 4.39 Å². The lowest BCUT2D eigenvalue weighted by atomic mass is 9.72. The molecule has 1 aromatic heterocycles.